The summed E-state index contributed by atoms with van der Waals surface area (Å²) in [5.41, 5.74) is 1.19. The van der Waals surface area contributed by atoms with Crippen LogP contribution in [0.4, 0.5) is 0 Å². The Labute approximate surface area is 287 Å². The summed E-state index contributed by atoms with van der Waals surface area (Å²) in [7, 11) is -14.2. The van der Waals surface area contributed by atoms with Gasteiger partial charge >= 0.3 is 30.4 Å². The second kappa shape index (κ2) is 12.4. The lowest BCUT2D eigenvalue weighted by Gasteiger charge is -2.18. The van der Waals surface area contributed by atoms with Gasteiger partial charge in [0.2, 0.25) is 0 Å². The van der Waals surface area contributed by atoms with Gasteiger partial charge < -0.3 is 27.9 Å². The summed E-state index contributed by atoms with van der Waals surface area (Å²) in [6.45, 7) is 4.69. The first-order valence-electron chi connectivity index (χ1n) is 14.7. The third-order valence-electron chi connectivity index (χ3n) is 7.90. The fraction of sp³-hybridized carbons (Fsp3) is 0.0857. The lowest BCUT2D eigenvalue weighted by atomic mass is 10.0. The average Bonchev–Trinajstić information content (AvgIpc) is 3.05. The van der Waals surface area contributed by atoms with Crippen LogP contribution in [-0.2, 0) is 30.4 Å². The zero-order valence-electron chi connectivity index (χ0n) is 26.5. The highest BCUT2D eigenvalue weighted by atomic mass is 32.2. The van der Waals surface area contributed by atoms with Gasteiger partial charge in [0.15, 0.2) is 17.2 Å². The van der Waals surface area contributed by atoms with Gasteiger partial charge in [-0.1, -0.05) is 42.5 Å². The molecule has 15 heteroatoms. The first kappa shape index (κ1) is 34.4. The molecule has 0 fully saturated rings. The van der Waals surface area contributed by atoms with E-state index >= 15 is 0 Å². The molecule has 0 aromatic heterocycles. The minimum atomic E-state index is -4.81. The van der Waals surface area contributed by atoms with E-state index in [0.717, 1.165) is 24.3 Å². The van der Waals surface area contributed by atoms with Crippen molar-refractivity contribution in [3.63, 3.8) is 0 Å². The highest BCUT2D eigenvalue weighted by Gasteiger charge is 2.29. The average molecular weight is 737 g/mol. The van der Waals surface area contributed by atoms with Crippen LogP contribution in [-0.4, -0.2) is 40.6 Å². The van der Waals surface area contributed by atoms with E-state index in [2.05, 4.69) is 0 Å². The number of phenols is 3. The van der Waals surface area contributed by atoms with Crippen LogP contribution in [0.15, 0.2) is 112 Å². The quantitative estimate of drug-likeness (QED) is 0.110. The number of aromatic hydroxyl groups is 3. The van der Waals surface area contributed by atoms with Crippen LogP contribution in [0.1, 0.15) is 16.7 Å². The lowest BCUT2D eigenvalue weighted by molar-refractivity contribution is 0.447. The molecule has 50 heavy (non-hydrogen) atoms. The van der Waals surface area contributed by atoms with E-state index in [1.54, 1.807) is 45.0 Å². The van der Waals surface area contributed by atoms with E-state index in [1.807, 2.05) is 0 Å². The minimum absolute atomic E-state index is 0.0155. The maximum Gasteiger partial charge on any atom is 0.339 e. The molecule has 6 aromatic rings. The maximum absolute atomic E-state index is 13.7. The van der Waals surface area contributed by atoms with Gasteiger partial charge in [-0.3, -0.25) is 0 Å². The van der Waals surface area contributed by atoms with Crippen LogP contribution in [0.25, 0.3) is 21.5 Å². The molecule has 12 nitrogen and oxygen atoms in total. The molecule has 0 atom stereocenters. The Hall–Kier alpha value is -5.51. The lowest BCUT2D eigenvalue weighted by Crippen LogP contribution is -2.14. The molecule has 0 aliphatic heterocycles. The van der Waals surface area contributed by atoms with Crippen molar-refractivity contribution in [1.29, 1.82) is 0 Å². The van der Waals surface area contributed by atoms with Gasteiger partial charge in [0.1, 0.15) is 31.9 Å². The molecule has 6 aromatic carbocycles. The third-order valence-corrected chi connectivity index (χ3v) is 11.6. The monoisotopic (exact) mass is 736 g/mol. The first-order chi connectivity index (χ1) is 23.5. The van der Waals surface area contributed by atoms with Gasteiger partial charge in [-0.15, -0.1) is 0 Å². The number of hydrogen-bond donors (Lipinski definition) is 3. The molecule has 0 radical (unpaired) electrons. The molecule has 6 rings (SSSR count). The van der Waals surface area contributed by atoms with Crippen LogP contribution in [0.5, 0.6) is 34.5 Å². The van der Waals surface area contributed by atoms with Crippen LogP contribution >= 0.6 is 0 Å². The summed E-state index contributed by atoms with van der Waals surface area (Å²) in [5, 5.41) is 31.1. The summed E-state index contributed by atoms with van der Waals surface area (Å²) in [6, 6.07) is 20.8. The zero-order chi connectivity index (χ0) is 36.2. The predicted molar refractivity (Wildman–Crippen MR) is 183 cm³/mol. The number of hydrogen-bond acceptors (Lipinski definition) is 12. The second-order valence-corrected chi connectivity index (χ2v) is 16.0. The molecular weight excluding hydrogens is 709 g/mol. The summed E-state index contributed by atoms with van der Waals surface area (Å²) in [4.78, 5) is -1.30. The van der Waals surface area contributed by atoms with Gasteiger partial charge in [0.05, 0.1) is 0 Å². The Morgan fingerprint density at radius 3 is 1.36 bits per heavy atom. The molecule has 0 bridgehead atoms. The zero-order valence-corrected chi connectivity index (χ0v) is 28.9. The molecule has 0 aliphatic rings. The number of benzene rings is 6. The van der Waals surface area contributed by atoms with Gasteiger partial charge in [0.25, 0.3) is 0 Å². The molecule has 258 valence electrons. The molecule has 0 amide bonds. The van der Waals surface area contributed by atoms with Crippen molar-refractivity contribution >= 4 is 51.9 Å². The smallest absolute Gasteiger partial charge is 0.339 e. The number of aryl methyl sites for hydroxylation is 3. The van der Waals surface area contributed by atoms with Crippen molar-refractivity contribution in [2.75, 3.05) is 0 Å². The predicted octanol–water partition coefficient (Wildman–Crippen LogP) is 6.34. The topological polar surface area (TPSA) is 191 Å². The van der Waals surface area contributed by atoms with Crippen molar-refractivity contribution < 1.29 is 53.1 Å². The largest absolute Gasteiger partial charge is 0.508 e. The van der Waals surface area contributed by atoms with Crippen molar-refractivity contribution in [3.8, 4) is 34.5 Å². The van der Waals surface area contributed by atoms with E-state index < -0.39 is 51.6 Å². The minimum Gasteiger partial charge on any atom is -0.508 e. The van der Waals surface area contributed by atoms with Crippen molar-refractivity contribution in [1.82, 2.24) is 0 Å². The Bertz CT molecular complexity index is 2690. The van der Waals surface area contributed by atoms with Crippen LogP contribution < -0.4 is 12.5 Å². The van der Waals surface area contributed by atoms with Crippen molar-refractivity contribution in [2.45, 2.75) is 35.5 Å². The number of phenolic OH excluding ortho intramolecular Hbond substituents is 3. The highest BCUT2D eigenvalue weighted by Crippen LogP contribution is 2.46. The molecule has 0 heterocycles. The number of fused-ring (bicyclic) bond motifs is 2. The Morgan fingerprint density at radius 2 is 0.880 bits per heavy atom. The summed E-state index contributed by atoms with van der Waals surface area (Å²) in [5.74, 6) is -2.48. The molecule has 0 saturated carbocycles. The molecule has 0 saturated heterocycles. The number of rotatable bonds is 9. The van der Waals surface area contributed by atoms with Gasteiger partial charge in [-0.25, -0.2) is 0 Å². The van der Waals surface area contributed by atoms with Gasteiger partial charge in [-0.2, -0.15) is 25.3 Å². The Kier molecular flexibility index (Phi) is 8.54. The highest BCUT2D eigenvalue weighted by molar-refractivity contribution is 7.87. The Morgan fingerprint density at radius 1 is 0.440 bits per heavy atom. The normalized spacial score (nSPS) is 12.2. The maximum atomic E-state index is 13.7. The van der Waals surface area contributed by atoms with E-state index in [1.165, 1.54) is 48.5 Å². The fourth-order valence-corrected chi connectivity index (χ4v) is 7.93. The molecular formula is C35H28O12S3. The Balaban J connectivity index is 1.60. The van der Waals surface area contributed by atoms with Crippen LogP contribution in [0, 0.1) is 20.8 Å². The van der Waals surface area contributed by atoms with Gasteiger partial charge in [0, 0.05) is 34.4 Å². The van der Waals surface area contributed by atoms with E-state index in [4.69, 9.17) is 12.5 Å². The summed E-state index contributed by atoms with van der Waals surface area (Å²) >= 11 is 0. The molecule has 3 N–H and O–H groups in total. The van der Waals surface area contributed by atoms with E-state index in [0.29, 0.717) is 22.1 Å². The van der Waals surface area contributed by atoms with E-state index in [9.17, 15) is 40.6 Å². The third kappa shape index (κ3) is 6.45. The first-order valence-corrected chi connectivity index (χ1v) is 18.9. The van der Waals surface area contributed by atoms with Gasteiger partial charge in [-0.05, 0) is 79.2 Å². The summed E-state index contributed by atoms with van der Waals surface area (Å²) in [6.07, 6.45) is 0. The molecule has 0 unspecified atom stereocenters. The van der Waals surface area contributed by atoms with Crippen LogP contribution in [0.2, 0.25) is 0 Å². The van der Waals surface area contributed by atoms with Crippen LogP contribution in [0.3, 0.4) is 0 Å². The van der Waals surface area contributed by atoms with Crippen molar-refractivity contribution in [3.05, 3.63) is 114 Å². The molecule has 0 spiro atoms. The SMILES string of the molecule is Cc1ccc(S(=O)(=O)Oc2ccc3c(OS(=O)(=O)c4ccc(C)c(O)c4)c4ccccc4cc3c2OS(=O)(=O)c2ccc(C)c(O)c2)cc1O. The second-order valence-electron chi connectivity index (χ2n) is 11.4. The molecule has 0 aliphatic carbocycles. The standard InChI is InChI=1S/C35H28O12S3/c1-20-8-11-24(17-30(20)36)48(39,40)45-33-15-14-28-29(35(33)47-50(43,44)26-13-10-22(3)32(38)19-26)16-23-6-4-5-7-27(23)34(28)46-49(41,42)25-12-9-21(2)31(37)18-25/h4-19,36-38H,1-3H3. The van der Waals surface area contributed by atoms with Crippen molar-refractivity contribution in [2.24, 2.45) is 0 Å². The fourth-order valence-electron chi connectivity index (χ4n) is 5.01. The van der Waals surface area contributed by atoms with E-state index in [-0.39, 0.29) is 44.1 Å². The summed E-state index contributed by atoms with van der Waals surface area (Å²) < 4.78 is 98.1.